The lowest BCUT2D eigenvalue weighted by Crippen LogP contribution is -2.12. The van der Waals surface area contributed by atoms with Crippen molar-refractivity contribution in [3.63, 3.8) is 0 Å². The Hall–Kier alpha value is -1.29. The number of hydrogen-bond donors (Lipinski definition) is 1. The summed E-state index contributed by atoms with van der Waals surface area (Å²) in [5.41, 5.74) is 0.702. The van der Waals surface area contributed by atoms with Crippen LogP contribution in [0.15, 0.2) is 29.1 Å². The van der Waals surface area contributed by atoms with Gasteiger partial charge < -0.3 is 4.98 Å². The quantitative estimate of drug-likeness (QED) is 0.845. The molecular weight excluding hydrogens is 208 g/mol. The van der Waals surface area contributed by atoms with Gasteiger partial charge in [0.05, 0.1) is 16.2 Å². The van der Waals surface area contributed by atoms with Crippen molar-refractivity contribution in [3.8, 4) is 0 Å². The third-order valence-corrected chi connectivity index (χ3v) is 3.30. The van der Waals surface area contributed by atoms with Crippen molar-refractivity contribution in [3.05, 3.63) is 40.4 Å². The number of rotatable bonds is 2. The third kappa shape index (κ3) is 1.90. The number of fused-ring (bicyclic) bond motifs is 1. The summed E-state index contributed by atoms with van der Waals surface area (Å²) in [4.78, 5) is 19.0. The number of thioether (sulfide) groups is 1. The summed E-state index contributed by atoms with van der Waals surface area (Å²) in [6.45, 7) is 2.03. The average molecular weight is 220 g/mol. The zero-order valence-corrected chi connectivity index (χ0v) is 9.47. The summed E-state index contributed by atoms with van der Waals surface area (Å²) in [7, 11) is 0. The minimum atomic E-state index is -0.0588. The first-order valence-corrected chi connectivity index (χ1v) is 6.03. The van der Waals surface area contributed by atoms with Gasteiger partial charge in [-0.15, -0.1) is 0 Å². The standard InChI is InChI=1S/C11H12N2OS/c1-7(15-2)10-12-9-6-4-3-5-8(9)11(14)13-10/h3-7H,1-2H3,(H,12,13,14)/t7-/m1/s1. The highest BCUT2D eigenvalue weighted by molar-refractivity contribution is 7.98. The molecule has 1 aromatic heterocycles. The van der Waals surface area contributed by atoms with E-state index in [1.54, 1.807) is 17.8 Å². The van der Waals surface area contributed by atoms with Crippen LogP contribution in [0.4, 0.5) is 0 Å². The van der Waals surface area contributed by atoms with Gasteiger partial charge in [0.25, 0.3) is 5.56 Å². The summed E-state index contributed by atoms with van der Waals surface area (Å²) in [5.74, 6) is 0.742. The van der Waals surface area contributed by atoms with Gasteiger partial charge in [0.15, 0.2) is 0 Å². The van der Waals surface area contributed by atoms with Gasteiger partial charge in [0, 0.05) is 0 Å². The molecule has 15 heavy (non-hydrogen) atoms. The molecular formula is C11H12N2OS. The van der Waals surface area contributed by atoms with Crippen LogP contribution in [0.3, 0.4) is 0 Å². The van der Waals surface area contributed by atoms with E-state index < -0.39 is 0 Å². The van der Waals surface area contributed by atoms with E-state index in [1.807, 2.05) is 31.4 Å². The Balaban J connectivity index is 2.67. The van der Waals surface area contributed by atoms with E-state index in [-0.39, 0.29) is 10.8 Å². The first-order chi connectivity index (χ1) is 7.22. The summed E-state index contributed by atoms with van der Waals surface area (Å²) in [6.07, 6.45) is 2.00. The van der Waals surface area contributed by atoms with E-state index >= 15 is 0 Å². The second-order valence-corrected chi connectivity index (χ2v) is 4.52. The van der Waals surface area contributed by atoms with Gasteiger partial charge in [-0.2, -0.15) is 11.8 Å². The fourth-order valence-corrected chi connectivity index (χ4v) is 1.74. The Morgan fingerprint density at radius 1 is 1.40 bits per heavy atom. The molecule has 1 atom stereocenters. The smallest absolute Gasteiger partial charge is 0.258 e. The highest BCUT2D eigenvalue weighted by Crippen LogP contribution is 2.22. The normalized spacial score (nSPS) is 12.9. The Morgan fingerprint density at radius 2 is 2.13 bits per heavy atom. The van der Waals surface area contributed by atoms with Crippen LogP contribution in [0.1, 0.15) is 18.0 Å². The Morgan fingerprint density at radius 3 is 2.87 bits per heavy atom. The zero-order chi connectivity index (χ0) is 10.8. The minimum absolute atomic E-state index is 0.0588. The molecule has 1 N–H and O–H groups in total. The molecule has 0 bridgehead atoms. The van der Waals surface area contributed by atoms with Crippen LogP contribution >= 0.6 is 11.8 Å². The maximum atomic E-state index is 11.7. The van der Waals surface area contributed by atoms with Crippen LogP contribution in [0.25, 0.3) is 10.9 Å². The summed E-state index contributed by atoms with van der Waals surface area (Å²) in [5, 5.41) is 0.858. The number of para-hydroxylation sites is 1. The van der Waals surface area contributed by atoms with Gasteiger partial charge in [-0.25, -0.2) is 4.98 Å². The lowest BCUT2D eigenvalue weighted by atomic mass is 10.2. The number of benzene rings is 1. The highest BCUT2D eigenvalue weighted by atomic mass is 32.2. The van der Waals surface area contributed by atoms with Gasteiger partial charge in [-0.1, -0.05) is 12.1 Å². The fourth-order valence-electron chi connectivity index (χ4n) is 1.41. The predicted octanol–water partition coefficient (Wildman–Crippen LogP) is 2.35. The highest BCUT2D eigenvalue weighted by Gasteiger charge is 2.08. The van der Waals surface area contributed by atoms with E-state index in [4.69, 9.17) is 0 Å². The second-order valence-electron chi connectivity index (χ2n) is 3.35. The number of H-pyrrole nitrogens is 1. The van der Waals surface area contributed by atoms with Gasteiger partial charge in [0.2, 0.25) is 0 Å². The molecule has 0 unspecified atom stereocenters. The molecule has 4 heteroatoms. The summed E-state index contributed by atoms with van der Waals surface area (Å²) >= 11 is 1.66. The molecule has 0 radical (unpaired) electrons. The van der Waals surface area contributed by atoms with Crippen molar-refractivity contribution in [1.29, 1.82) is 0 Å². The molecule has 1 aromatic carbocycles. The van der Waals surface area contributed by atoms with Crippen LogP contribution in [0, 0.1) is 0 Å². The molecule has 0 amide bonds. The van der Waals surface area contributed by atoms with Crippen LogP contribution in [0.5, 0.6) is 0 Å². The van der Waals surface area contributed by atoms with Crippen molar-refractivity contribution >= 4 is 22.7 Å². The molecule has 0 fully saturated rings. The van der Waals surface area contributed by atoms with Gasteiger partial charge >= 0.3 is 0 Å². The van der Waals surface area contributed by atoms with Crippen molar-refractivity contribution in [2.45, 2.75) is 12.2 Å². The number of nitrogens with one attached hydrogen (secondary N) is 1. The number of nitrogens with zero attached hydrogens (tertiary/aromatic N) is 1. The molecule has 78 valence electrons. The van der Waals surface area contributed by atoms with Crippen molar-refractivity contribution < 1.29 is 0 Å². The average Bonchev–Trinajstić information content (AvgIpc) is 2.28. The number of aromatic amines is 1. The van der Waals surface area contributed by atoms with Crippen LogP contribution < -0.4 is 5.56 Å². The maximum absolute atomic E-state index is 11.7. The summed E-state index contributed by atoms with van der Waals surface area (Å²) < 4.78 is 0. The molecule has 2 rings (SSSR count). The Kier molecular flexibility index (Phi) is 2.77. The monoisotopic (exact) mass is 220 g/mol. The Labute approximate surface area is 91.9 Å². The molecule has 2 aromatic rings. The topological polar surface area (TPSA) is 45.8 Å². The van der Waals surface area contributed by atoms with Crippen LogP contribution in [0.2, 0.25) is 0 Å². The largest absolute Gasteiger partial charge is 0.309 e. The van der Waals surface area contributed by atoms with Gasteiger partial charge in [-0.3, -0.25) is 4.79 Å². The molecule has 0 saturated carbocycles. The SMILES string of the molecule is CS[C@H](C)c1nc2ccccc2c(=O)[nH]1. The summed E-state index contributed by atoms with van der Waals surface area (Å²) in [6, 6.07) is 7.38. The van der Waals surface area contributed by atoms with Crippen LogP contribution in [-0.2, 0) is 0 Å². The van der Waals surface area contributed by atoms with E-state index in [1.165, 1.54) is 0 Å². The van der Waals surface area contributed by atoms with Gasteiger partial charge in [-0.05, 0) is 25.3 Å². The fraction of sp³-hybridized carbons (Fsp3) is 0.273. The minimum Gasteiger partial charge on any atom is -0.309 e. The first-order valence-electron chi connectivity index (χ1n) is 4.74. The van der Waals surface area contributed by atoms with Gasteiger partial charge in [0.1, 0.15) is 5.82 Å². The molecule has 0 spiro atoms. The molecule has 0 aliphatic carbocycles. The zero-order valence-electron chi connectivity index (χ0n) is 8.65. The lowest BCUT2D eigenvalue weighted by molar-refractivity contribution is 0.925. The first kappa shape index (κ1) is 10.2. The van der Waals surface area contributed by atoms with E-state index in [0.717, 1.165) is 11.3 Å². The Bertz CT molecular complexity index is 535. The molecule has 0 saturated heterocycles. The number of aromatic nitrogens is 2. The van der Waals surface area contributed by atoms with Crippen LogP contribution in [-0.4, -0.2) is 16.2 Å². The van der Waals surface area contributed by atoms with E-state index in [2.05, 4.69) is 9.97 Å². The molecule has 0 aliphatic heterocycles. The van der Waals surface area contributed by atoms with E-state index in [0.29, 0.717) is 5.39 Å². The molecule has 3 nitrogen and oxygen atoms in total. The lowest BCUT2D eigenvalue weighted by Gasteiger charge is -2.07. The molecule has 1 heterocycles. The van der Waals surface area contributed by atoms with Crippen molar-refractivity contribution in [1.82, 2.24) is 9.97 Å². The molecule has 0 aliphatic rings. The van der Waals surface area contributed by atoms with E-state index in [9.17, 15) is 4.79 Å². The van der Waals surface area contributed by atoms with Crippen molar-refractivity contribution in [2.75, 3.05) is 6.26 Å². The maximum Gasteiger partial charge on any atom is 0.258 e. The second kappa shape index (κ2) is 4.06. The predicted molar refractivity (Wildman–Crippen MR) is 64.3 cm³/mol. The van der Waals surface area contributed by atoms with Crippen molar-refractivity contribution in [2.24, 2.45) is 0 Å². The number of hydrogen-bond acceptors (Lipinski definition) is 3. The third-order valence-electron chi connectivity index (χ3n) is 2.37.